The summed E-state index contributed by atoms with van der Waals surface area (Å²) >= 11 is 5.41. The van der Waals surface area contributed by atoms with Crippen molar-refractivity contribution in [2.45, 2.75) is 38.3 Å². The quantitative estimate of drug-likeness (QED) is 0.833. The van der Waals surface area contributed by atoms with Crippen LogP contribution >= 0.6 is 11.6 Å². The van der Waals surface area contributed by atoms with Crippen LogP contribution in [-0.2, 0) is 11.3 Å². The van der Waals surface area contributed by atoms with Gasteiger partial charge < -0.3 is 10.1 Å². The highest BCUT2D eigenvalue weighted by molar-refractivity contribution is 6.27. The smallest absolute Gasteiger partial charge is 0.235 e. The summed E-state index contributed by atoms with van der Waals surface area (Å²) in [6.07, 6.45) is 5.24. The second-order valence-electron chi connectivity index (χ2n) is 4.58. The van der Waals surface area contributed by atoms with Crippen LogP contribution in [0.3, 0.4) is 0 Å². The van der Waals surface area contributed by atoms with Crippen molar-refractivity contribution >= 4 is 17.5 Å². The Morgan fingerprint density at radius 3 is 2.56 bits per heavy atom. The van der Waals surface area contributed by atoms with E-state index < -0.39 is 0 Å². The summed E-state index contributed by atoms with van der Waals surface area (Å²) in [5.74, 6) is 0.764. The van der Waals surface area contributed by atoms with Gasteiger partial charge in [0.15, 0.2) is 0 Å². The number of hydrogen-bond donors (Lipinski definition) is 1. The summed E-state index contributed by atoms with van der Waals surface area (Å²) in [7, 11) is 0. The molecule has 0 saturated heterocycles. The van der Waals surface area contributed by atoms with Gasteiger partial charge in [0.25, 0.3) is 0 Å². The summed E-state index contributed by atoms with van der Waals surface area (Å²) in [5, 5.41) is 2.73. The summed E-state index contributed by atoms with van der Waals surface area (Å²) in [4.78, 5) is 11.0. The van der Waals surface area contributed by atoms with E-state index in [2.05, 4.69) is 5.32 Å². The molecule has 0 heterocycles. The number of carbonyl (C=O) groups excluding carboxylic acids is 1. The highest BCUT2D eigenvalue weighted by Crippen LogP contribution is 2.24. The first-order valence-corrected chi connectivity index (χ1v) is 6.89. The molecule has 0 bridgehead atoms. The van der Waals surface area contributed by atoms with Gasteiger partial charge in [0.2, 0.25) is 5.91 Å². The number of benzene rings is 1. The van der Waals surface area contributed by atoms with Crippen LogP contribution in [0, 0.1) is 0 Å². The lowest BCUT2D eigenvalue weighted by Gasteiger charge is -2.13. The maximum Gasteiger partial charge on any atom is 0.235 e. The Balaban J connectivity index is 1.82. The molecule has 0 radical (unpaired) electrons. The largest absolute Gasteiger partial charge is 0.490 e. The van der Waals surface area contributed by atoms with Crippen molar-refractivity contribution in [2.75, 3.05) is 5.88 Å². The molecule has 1 amide bonds. The zero-order valence-corrected chi connectivity index (χ0v) is 11.1. The van der Waals surface area contributed by atoms with Crippen molar-refractivity contribution in [2.24, 2.45) is 0 Å². The molecule has 1 fully saturated rings. The summed E-state index contributed by atoms with van der Waals surface area (Å²) < 4.78 is 5.87. The summed E-state index contributed by atoms with van der Waals surface area (Å²) in [6.45, 7) is 0.509. The van der Waals surface area contributed by atoms with Gasteiger partial charge in [0.1, 0.15) is 11.6 Å². The van der Waals surface area contributed by atoms with Crippen molar-refractivity contribution in [1.82, 2.24) is 5.32 Å². The maximum absolute atomic E-state index is 11.0. The van der Waals surface area contributed by atoms with Gasteiger partial charge in [0, 0.05) is 6.54 Å². The number of rotatable bonds is 5. The van der Waals surface area contributed by atoms with Gasteiger partial charge in [-0.2, -0.15) is 0 Å². The van der Waals surface area contributed by atoms with Crippen LogP contribution in [0.25, 0.3) is 0 Å². The highest BCUT2D eigenvalue weighted by atomic mass is 35.5. The van der Waals surface area contributed by atoms with E-state index in [0.717, 1.165) is 24.2 Å². The van der Waals surface area contributed by atoms with E-state index in [1.54, 1.807) is 0 Å². The predicted molar refractivity (Wildman–Crippen MR) is 71.9 cm³/mol. The first kappa shape index (κ1) is 13.2. The molecule has 0 atom stereocenters. The first-order chi connectivity index (χ1) is 8.78. The number of ether oxygens (including phenoxy) is 1. The van der Waals surface area contributed by atoms with E-state index in [4.69, 9.17) is 16.3 Å². The highest BCUT2D eigenvalue weighted by Gasteiger charge is 2.16. The molecule has 3 nitrogen and oxygen atoms in total. The fourth-order valence-electron chi connectivity index (χ4n) is 2.13. The molecule has 1 aliphatic rings. The van der Waals surface area contributed by atoms with Crippen molar-refractivity contribution in [3.63, 3.8) is 0 Å². The Morgan fingerprint density at radius 1 is 1.28 bits per heavy atom. The van der Waals surface area contributed by atoms with Crippen LogP contribution in [-0.4, -0.2) is 17.9 Å². The standard InChI is InChI=1S/C14H18ClNO2/c15-9-14(17)16-10-11-5-7-13(8-6-11)18-12-3-1-2-4-12/h5-8,12H,1-4,9-10H2,(H,16,17). The average molecular weight is 268 g/mol. The van der Waals surface area contributed by atoms with Crippen molar-refractivity contribution < 1.29 is 9.53 Å². The van der Waals surface area contributed by atoms with E-state index in [0.29, 0.717) is 12.6 Å². The number of amides is 1. The summed E-state index contributed by atoms with van der Waals surface area (Å²) in [6, 6.07) is 7.86. The van der Waals surface area contributed by atoms with Crippen LogP contribution < -0.4 is 10.1 Å². The average Bonchev–Trinajstić information content (AvgIpc) is 2.90. The second-order valence-corrected chi connectivity index (χ2v) is 4.85. The summed E-state index contributed by atoms with van der Waals surface area (Å²) in [5.41, 5.74) is 1.05. The molecule has 1 saturated carbocycles. The molecule has 0 aliphatic heterocycles. The molecular formula is C14H18ClNO2. The van der Waals surface area contributed by atoms with Crippen LogP contribution in [0.15, 0.2) is 24.3 Å². The van der Waals surface area contributed by atoms with Gasteiger partial charge in [-0.1, -0.05) is 12.1 Å². The van der Waals surface area contributed by atoms with Gasteiger partial charge in [-0.15, -0.1) is 11.6 Å². The molecule has 18 heavy (non-hydrogen) atoms. The number of carbonyl (C=O) groups is 1. The third kappa shape index (κ3) is 3.91. The Labute approximate surface area is 112 Å². The van der Waals surface area contributed by atoms with E-state index in [9.17, 15) is 4.79 Å². The Hall–Kier alpha value is -1.22. The van der Waals surface area contributed by atoms with Gasteiger partial charge in [-0.25, -0.2) is 0 Å². The molecule has 0 aromatic heterocycles. The minimum atomic E-state index is -0.150. The zero-order chi connectivity index (χ0) is 12.8. The van der Waals surface area contributed by atoms with Crippen LogP contribution in [0.5, 0.6) is 5.75 Å². The SMILES string of the molecule is O=C(CCl)NCc1ccc(OC2CCCC2)cc1. The minimum Gasteiger partial charge on any atom is -0.490 e. The zero-order valence-electron chi connectivity index (χ0n) is 10.3. The van der Waals surface area contributed by atoms with E-state index in [1.165, 1.54) is 12.8 Å². The normalized spacial score (nSPS) is 15.6. The van der Waals surface area contributed by atoms with Crippen LogP contribution in [0.4, 0.5) is 0 Å². The molecule has 2 rings (SSSR count). The van der Waals surface area contributed by atoms with Crippen molar-refractivity contribution in [1.29, 1.82) is 0 Å². The van der Waals surface area contributed by atoms with Gasteiger partial charge in [-0.05, 0) is 43.4 Å². The topological polar surface area (TPSA) is 38.3 Å². The second kappa shape index (κ2) is 6.64. The predicted octanol–water partition coefficient (Wildman–Crippen LogP) is 2.86. The van der Waals surface area contributed by atoms with Crippen LogP contribution in [0.2, 0.25) is 0 Å². The van der Waals surface area contributed by atoms with E-state index in [1.807, 2.05) is 24.3 Å². The molecule has 0 unspecified atom stereocenters. The van der Waals surface area contributed by atoms with Crippen molar-refractivity contribution in [3.8, 4) is 5.75 Å². The van der Waals surface area contributed by atoms with E-state index >= 15 is 0 Å². The number of alkyl halides is 1. The van der Waals surface area contributed by atoms with Gasteiger partial charge in [-0.3, -0.25) is 4.79 Å². The van der Waals surface area contributed by atoms with Gasteiger partial charge >= 0.3 is 0 Å². The first-order valence-electron chi connectivity index (χ1n) is 6.36. The van der Waals surface area contributed by atoms with Crippen molar-refractivity contribution in [3.05, 3.63) is 29.8 Å². The minimum absolute atomic E-state index is 0.00285. The van der Waals surface area contributed by atoms with Gasteiger partial charge in [0.05, 0.1) is 6.10 Å². The fraction of sp³-hybridized carbons (Fsp3) is 0.500. The maximum atomic E-state index is 11.0. The molecule has 1 N–H and O–H groups in total. The fourth-order valence-corrected chi connectivity index (χ4v) is 2.23. The molecule has 1 aliphatic carbocycles. The molecule has 1 aromatic rings. The monoisotopic (exact) mass is 267 g/mol. The molecule has 1 aromatic carbocycles. The number of nitrogens with one attached hydrogen (secondary N) is 1. The number of hydrogen-bond acceptors (Lipinski definition) is 2. The lowest BCUT2D eigenvalue weighted by Crippen LogP contribution is -2.23. The lowest BCUT2D eigenvalue weighted by atomic mass is 10.2. The Bertz CT molecular complexity index is 385. The van der Waals surface area contributed by atoms with E-state index in [-0.39, 0.29) is 11.8 Å². The third-order valence-electron chi connectivity index (χ3n) is 3.14. The molecular weight excluding hydrogens is 250 g/mol. The Kier molecular flexibility index (Phi) is 4.88. The molecule has 0 spiro atoms. The Morgan fingerprint density at radius 2 is 1.94 bits per heavy atom. The lowest BCUT2D eigenvalue weighted by molar-refractivity contribution is -0.118. The van der Waals surface area contributed by atoms with Crippen LogP contribution in [0.1, 0.15) is 31.2 Å². The third-order valence-corrected chi connectivity index (χ3v) is 3.38. The molecule has 4 heteroatoms. The molecule has 98 valence electrons. The number of halogens is 1.